The fraction of sp³-hybridized carbons (Fsp3) is 0. The van der Waals surface area contributed by atoms with Gasteiger partial charge in [-0.15, -0.1) is 0 Å². The molecule has 0 heterocycles. The van der Waals surface area contributed by atoms with E-state index >= 15 is 0 Å². The average Bonchev–Trinajstić information content (AvgIpc) is 2.08. The Hall–Kier alpha value is -0.990. The second-order valence-corrected chi connectivity index (χ2v) is 5.41. The number of benzene rings is 1. The van der Waals surface area contributed by atoms with Crippen LogP contribution in [-0.2, 0) is 9.05 Å². The molecule has 0 aliphatic rings. The minimum absolute atomic E-state index is 0.170. The molecular formula is C6HCl2F2NO4S. The summed E-state index contributed by atoms with van der Waals surface area (Å²) >= 11 is 5.16. The predicted molar refractivity (Wildman–Crippen MR) is 51.1 cm³/mol. The average molecular weight is 292 g/mol. The first-order valence-electron chi connectivity index (χ1n) is 3.42. The van der Waals surface area contributed by atoms with Crippen molar-refractivity contribution < 1.29 is 22.1 Å². The van der Waals surface area contributed by atoms with Gasteiger partial charge in [-0.2, -0.15) is 4.39 Å². The third kappa shape index (κ3) is 2.23. The van der Waals surface area contributed by atoms with Crippen LogP contribution < -0.4 is 0 Å². The van der Waals surface area contributed by atoms with Crippen molar-refractivity contribution in [3.05, 3.63) is 32.8 Å². The number of hydrogen-bond acceptors (Lipinski definition) is 4. The molecular weight excluding hydrogens is 291 g/mol. The smallest absolute Gasteiger partial charge is 0.258 e. The Morgan fingerprint density at radius 1 is 1.38 bits per heavy atom. The quantitative estimate of drug-likeness (QED) is 0.363. The van der Waals surface area contributed by atoms with Crippen molar-refractivity contribution in [2.75, 3.05) is 0 Å². The van der Waals surface area contributed by atoms with E-state index in [1.54, 1.807) is 0 Å². The van der Waals surface area contributed by atoms with Gasteiger partial charge >= 0.3 is 5.69 Å². The zero-order chi connectivity index (χ0) is 12.7. The van der Waals surface area contributed by atoms with Crippen molar-refractivity contribution >= 4 is 37.0 Å². The first-order valence-corrected chi connectivity index (χ1v) is 6.11. The molecule has 0 atom stereocenters. The second-order valence-electron chi connectivity index (χ2n) is 2.53. The van der Waals surface area contributed by atoms with Crippen LogP contribution in [0.1, 0.15) is 0 Å². The fourth-order valence-corrected chi connectivity index (χ4v) is 2.54. The summed E-state index contributed by atoms with van der Waals surface area (Å²) in [5.41, 5.74) is -1.36. The summed E-state index contributed by atoms with van der Waals surface area (Å²) in [7, 11) is 0.0544. The summed E-state index contributed by atoms with van der Waals surface area (Å²) in [6.07, 6.45) is 0. The normalized spacial score (nSPS) is 11.5. The SMILES string of the molecule is O=[N+]([O-])c1cc(F)c(Cl)c(S(=O)(=O)Cl)c1F. The van der Waals surface area contributed by atoms with E-state index in [-0.39, 0.29) is 6.07 Å². The van der Waals surface area contributed by atoms with E-state index in [0.29, 0.717) is 0 Å². The van der Waals surface area contributed by atoms with Crippen LogP contribution in [0.3, 0.4) is 0 Å². The highest BCUT2D eigenvalue weighted by Crippen LogP contribution is 2.34. The standard InChI is InChI=1S/C6HCl2F2NO4S/c7-4-2(9)1-3(11(12)13)5(10)6(4)16(8,14)15/h1H. The summed E-state index contributed by atoms with van der Waals surface area (Å²) in [6.45, 7) is 0. The fourth-order valence-electron chi connectivity index (χ4n) is 0.915. The van der Waals surface area contributed by atoms with Crippen LogP contribution in [0.5, 0.6) is 0 Å². The van der Waals surface area contributed by atoms with Gasteiger partial charge in [0, 0.05) is 10.7 Å². The molecule has 1 rings (SSSR count). The monoisotopic (exact) mass is 291 g/mol. The van der Waals surface area contributed by atoms with E-state index in [1.165, 1.54) is 0 Å². The van der Waals surface area contributed by atoms with Crippen molar-refractivity contribution in [1.82, 2.24) is 0 Å². The Bertz CT molecular complexity index is 574. The van der Waals surface area contributed by atoms with Crippen molar-refractivity contribution in [2.24, 2.45) is 0 Å². The second kappa shape index (κ2) is 4.11. The molecule has 0 amide bonds. The lowest BCUT2D eigenvalue weighted by molar-refractivity contribution is -0.388. The van der Waals surface area contributed by atoms with E-state index in [4.69, 9.17) is 22.3 Å². The third-order valence-electron chi connectivity index (χ3n) is 1.54. The molecule has 1 aromatic carbocycles. The van der Waals surface area contributed by atoms with Gasteiger partial charge in [-0.1, -0.05) is 11.6 Å². The zero-order valence-corrected chi connectivity index (χ0v) is 9.41. The van der Waals surface area contributed by atoms with E-state index in [2.05, 4.69) is 0 Å². The Morgan fingerprint density at radius 3 is 2.25 bits per heavy atom. The van der Waals surface area contributed by atoms with Crippen molar-refractivity contribution in [3.63, 3.8) is 0 Å². The van der Waals surface area contributed by atoms with E-state index in [0.717, 1.165) is 0 Å². The van der Waals surface area contributed by atoms with Crippen LogP contribution in [0.15, 0.2) is 11.0 Å². The van der Waals surface area contributed by atoms with Crippen LogP contribution in [0.4, 0.5) is 14.5 Å². The topological polar surface area (TPSA) is 77.3 Å². The molecule has 0 aliphatic heterocycles. The lowest BCUT2D eigenvalue weighted by Gasteiger charge is -2.03. The Labute approximate surface area is 97.2 Å². The van der Waals surface area contributed by atoms with Crippen LogP contribution >= 0.6 is 22.3 Å². The molecule has 0 bridgehead atoms. The van der Waals surface area contributed by atoms with Crippen LogP contribution in [0.25, 0.3) is 0 Å². The number of nitro benzene ring substituents is 1. The number of hydrogen-bond donors (Lipinski definition) is 0. The molecule has 10 heteroatoms. The molecule has 0 unspecified atom stereocenters. The Balaban J connectivity index is 3.80. The number of nitro groups is 1. The molecule has 1 aromatic rings. The third-order valence-corrected chi connectivity index (χ3v) is 3.35. The Morgan fingerprint density at radius 2 is 1.88 bits per heavy atom. The first kappa shape index (κ1) is 13.1. The predicted octanol–water partition coefficient (Wildman–Crippen LogP) is 2.45. The minimum atomic E-state index is -4.72. The zero-order valence-electron chi connectivity index (χ0n) is 7.08. The van der Waals surface area contributed by atoms with Gasteiger partial charge in [0.2, 0.25) is 5.82 Å². The number of halogens is 4. The molecule has 0 aromatic heterocycles. The van der Waals surface area contributed by atoms with Gasteiger partial charge in [0.15, 0.2) is 0 Å². The summed E-state index contributed by atoms with van der Waals surface area (Å²) in [5, 5.41) is 9.16. The van der Waals surface area contributed by atoms with Crippen LogP contribution in [0, 0.1) is 21.7 Å². The summed E-state index contributed by atoms with van der Waals surface area (Å²) in [6, 6.07) is 0.170. The molecule has 5 nitrogen and oxygen atoms in total. The van der Waals surface area contributed by atoms with Gasteiger partial charge in [-0.25, -0.2) is 12.8 Å². The van der Waals surface area contributed by atoms with E-state index in [9.17, 15) is 27.3 Å². The van der Waals surface area contributed by atoms with Crippen molar-refractivity contribution in [1.29, 1.82) is 0 Å². The molecule has 0 radical (unpaired) electrons. The van der Waals surface area contributed by atoms with E-state index < -0.39 is 41.2 Å². The lowest BCUT2D eigenvalue weighted by atomic mass is 10.3. The first-order chi connectivity index (χ1) is 7.16. The van der Waals surface area contributed by atoms with Crippen LogP contribution in [0.2, 0.25) is 5.02 Å². The lowest BCUT2D eigenvalue weighted by Crippen LogP contribution is -2.03. The van der Waals surface area contributed by atoms with Crippen molar-refractivity contribution in [3.8, 4) is 0 Å². The van der Waals surface area contributed by atoms with Crippen LogP contribution in [-0.4, -0.2) is 13.3 Å². The van der Waals surface area contributed by atoms with Gasteiger partial charge in [-0.05, 0) is 0 Å². The highest BCUT2D eigenvalue weighted by Gasteiger charge is 2.31. The summed E-state index contributed by atoms with van der Waals surface area (Å²) in [4.78, 5) is 7.55. The number of nitrogens with zero attached hydrogens (tertiary/aromatic N) is 1. The molecule has 0 aliphatic carbocycles. The molecule has 0 fully saturated rings. The van der Waals surface area contributed by atoms with Gasteiger partial charge < -0.3 is 0 Å². The van der Waals surface area contributed by atoms with E-state index in [1.807, 2.05) is 0 Å². The molecule has 0 saturated carbocycles. The van der Waals surface area contributed by atoms with Gasteiger partial charge in [-0.3, -0.25) is 10.1 Å². The summed E-state index contributed by atoms with van der Waals surface area (Å²) < 4.78 is 48.0. The van der Waals surface area contributed by atoms with Crippen molar-refractivity contribution in [2.45, 2.75) is 4.90 Å². The van der Waals surface area contributed by atoms with Gasteiger partial charge in [0.05, 0.1) is 16.0 Å². The number of rotatable bonds is 2. The van der Waals surface area contributed by atoms with Gasteiger partial charge in [0.25, 0.3) is 9.05 Å². The maximum Gasteiger partial charge on any atom is 0.309 e. The van der Waals surface area contributed by atoms with Gasteiger partial charge in [0.1, 0.15) is 10.7 Å². The molecule has 88 valence electrons. The molecule has 0 N–H and O–H groups in total. The minimum Gasteiger partial charge on any atom is -0.258 e. The maximum absolute atomic E-state index is 13.3. The Kier molecular flexibility index (Phi) is 3.36. The largest absolute Gasteiger partial charge is 0.309 e. The molecule has 0 spiro atoms. The molecule has 16 heavy (non-hydrogen) atoms. The highest BCUT2D eigenvalue weighted by atomic mass is 35.7. The summed E-state index contributed by atoms with van der Waals surface area (Å²) in [5.74, 6) is -3.25. The molecule has 0 saturated heterocycles. The maximum atomic E-state index is 13.3. The highest BCUT2D eigenvalue weighted by molar-refractivity contribution is 8.13.